The van der Waals surface area contributed by atoms with Gasteiger partial charge in [-0.05, 0) is 12.2 Å². The molecule has 6 heavy (non-hydrogen) atoms. The van der Waals surface area contributed by atoms with Crippen molar-refractivity contribution in [2.75, 3.05) is 12.3 Å². The molecular formula is C3H8NPS. The second-order valence-electron chi connectivity index (χ2n) is 1.23. The first-order chi connectivity index (χ1) is 3.00. The van der Waals surface area contributed by atoms with Gasteiger partial charge in [0.1, 0.15) is 0 Å². The Balaban J connectivity index is 2.00. The molecule has 1 fully saturated rings. The van der Waals surface area contributed by atoms with Gasteiger partial charge in [-0.2, -0.15) is 0 Å². The predicted octanol–water partition coefficient (Wildman–Crippen LogP) is 1.22. The molecule has 0 radical (unpaired) electrons. The number of hydrogen-bond donors (Lipinski definition) is 1. The van der Waals surface area contributed by atoms with Crippen molar-refractivity contribution in [1.82, 2.24) is 5.09 Å². The molecule has 1 atom stereocenters. The Morgan fingerprint density at radius 2 is 2.67 bits per heavy atom. The van der Waals surface area contributed by atoms with E-state index in [2.05, 4.69) is 5.09 Å². The van der Waals surface area contributed by atoms with Crippen LogP contribution >= 0.6 is 19.3 Å². The van der Waals surface area contributed by atoms with Crippen LogP contribution in [0.1, 0.15) is 6.42 Å². The summed E-state index contributed by atoms with van der Waals surface area (Å²) in [6, 6.07) is 0. The molecule has 0 aromatic rings. The second-order valence-corrected chi connectivity index (χ2v) is 3.96. The van der Waals surface area contributed by atoms with Crippen molar-refractivity contribution in [1.29, 1.82) is 0 Å². The summed E-state index contributed by atoms with van der Waals surface area (Å²) >= 11 is 2.01. The molecular weight excluding hydrogens is 113 g/mol. The first kappa shape index (κ1) is 4.89. The van der Waals surface area contributed by atoms with Crippen LogP contribution in [0.15, 0.2) is 0 Å². The smallest absolute Gasteiger partial charge is 0.00724 e. The summed E-state index contributed by atoms with van der Waals surface area (Å²) in [5.74, 6) is 1.37. The van der Waals surface area contributed by atoms with Crippen molar-refractivity contribution < 1.29 is 0 Å². The van der Waals surface area contributed by atoms with Gasteiger partial charge in [-0.15, -0.1) is 11.4 Å². The van der Waals surface area contributed by atoms with E-state index < -0.39 is 0 Å². The quantitative estimate of drug-likeness (QED) is 0.483. The first-order valence-electron chi connectivity index (χ1n) is 2.10. The van der Waals surface area contributed by atoms with E-state index in [0.717, 1.165) is 7.93 Å². The minimum atomic E-state index is 0.968. The van der Waals surface area contributed by atoms with Crippen LogP contribution in [0, 0.1) is 0 Å². The molecule has 1 rings (SSSR count). The van der Waals surface area contributed by atoms with Gasteiger partial charge in [0.25, 0.3) is 0 Å². The molecule has 0 saturated carbocycles. The van der Waals surface area contributed by atoms with E-state index in [1.165, 1.54) is 18.7 Å². The molecule has 1 unspecified atom stereocenters. The predicted molar refractivity (Wildman–Crippen MR) is 33.4 cm³/mol. The van der Waals surface area contributed by atoms with Crippen molar-refractivity contribution in [3.63, 3.8) is 0 Å². The van der Waals surface area contributed by atoms with Gasteiger partial charge in [0.15, 0.2) is 0 Å². The summed E-state index contributed by atoms with van der Waals surface area (Å²) < 4.78 is 0. The Kier molecular flexibility index (Phi) is 2.31. The standard InChI is InChI=1S/C3H8NPS/c1-2-4-5-6-3-1/h4-5H,1-3H2. The molecule has 36 valence electrons. The third-order valence-corrected chi connectivity index (χ3v) is 3.20. The number of hydrogen-bond acceptors (Lipinski definition) is 2. The summed E-state index contributed by atoms with van der Waals surface area (Å²) in [6.45, 7) is 1.24. The molecule has 3 heteroatoms. The van der Waals surface area contributed by atoms with Gasteiger partial charge in [0, 0.05) is 14.5 Å². The van der Waals surface area contributed by atoms with E-state index in [1.54, 1.807) is 0 Å². The molecule has 1 N–H and O–H groups in total. The highest BCUT2D eigenvalue weighted by molar-refractivity contribution is 8.49. The topological polar surface area (TPSA) is 12.0 Å². The zero-order chi connectivity index (χ0) is 4.24. The molecule has 1 aliphatic rings. The number of rotatable bonds is 0. The average Bonchev–Trinajstić information content (AvgIpc) is 1.72. The Labute approximate surface area is 43.9 Å². The molecule has 0 spiro atoms. The van der Waals surface area contributed by atoms with Gasteiger partial charge in [-0.25, -0.2) is 0 Å². The lowest BCUT2D eigenvalue weighted by atomic mass is 10.5. The summed E-state index contributed by atoms with van der Waals surface area (Å²) in [5, 5.41) is 3.28. The van der Waals surface area contributed by atoms with Gasteiger partial charge >= 0.3 is 0 Å². The van der Waals surface area contributed by atoms with Crippen molar-refractivity contribution >= 4 is 19.3 Å². The van der Waals surface area contributed by atoms with E-state index in [-0.39, 0.29) is 0 Å². The molecule has 0 amide bonds. The van der Waals surface area contributed by atoms with Crippen LogP contribution in [0.5, 0.6) is 0 Å². The van der Waals surface area contributed by atoms with Crippen LogP contribution in [0.4, 0.5) is 0 Å². The molecule has 0 bridgehead atoms. The van der Waals surface area contributed by atoms with E-state index in [1.807, 2.05) is 11.4 Å². The maximum atomic E-state index is 3.28. The third kappa shape index (κ3) is 1.46. The second kappa shape index (κ2) is 2.84. The summed E-state index contributed by atoms with van der Waals surface area (Å²) in [7, 11) is 0.968. The van der Waals surface area contributed by atoms with Gasteiger partial charge in [-0.1, -0.05) is 0 Å². The van der Waals surface area contributed by atoms with E-state index in [4.69, 9.17) is 0 Å². The minimum Gasteiger partial charge on any atom is -0.290 e. The monoisotopic (exact) mass is 121 g/mol. The van der Waals surface area contributed by atoms with Crippen LogP contribution in [-0.2, 0) is 0 Å². The van der Waals surface area contributed by atoms with Crippen molar-refractivity contribution in [3.05, 3.63) is 0 Å². The lowest BCUT2D eigenvalue weighted by Crippen LogP contribution is -2.07. The molecule has 1 heterocycles. The van der Waals surface area contributed by atoms with Gasteiger partial charge in [0.05, 0.1) is 0 Å². The molecule has 0 aromatic carbocycles. The van der Waals surface area contributed by atoms with Gasteiger partial charge in [-0.3, -0.25) is 5.09 Å². The fourth-order valence-electron chi connectivity index (χ4n) is 0.386. The average molecular weight is 121 g/mol. The summed E-state index contributed by atoms with van der Waals surface area (Å²) in [6.07, 6.45) is 1.36. The lowest BCUT2D eigenvalue weighted by Gasteiger charge is -2.08. The molecule has 1 aliphatic heterocycles. The highest BCUT2D eigenvalue weighted by atomic mass is 32.7. The third-order valence-electron chi connectivity index (χ3n) is 0.693. The van der Waals surface area contributed by atoms with Crippen molar-refractivity contribution in [2.45, 2.75) is 6.42 Å². The molecule has 0 aromatic heterocycles. The van der Waals surface area contributed by atoms with E-state index in [9.17, 15) is 0 Å². The van der Waals surface area contributed by atoms with Crippen molar-refractivity contribution in [3.8, 4) is 0 Å². The first-order valence-corrected chi connectivity index (χ1v) is 4.81. The lowest BCUT2D eigenvalue weighted by molar-refractivity contribution is 0.880. The van der Waals surface area contributed by atoms with E-state index in [0.29, 0.717) is 0 Å². The zero-order valence-corrected chi connectivity index (χ0v) is 5.35. The minimum absolute atomic E-state index is 0.968. The summed E-state index contributed by atoms with van der Waals surface area (Å²) in [5.41, 5.74) is 0. The molecule has 1 saturated heterocycles. The fourth-order valence-corrected chi connectivity index (χ4v) is 2.51. The largest absolute Gasteiger partial charge is 0.290 e. The van der Waals surface area contributed by atoms with Gasteiger partial charge in [0.2, 0.25) is 0 Å². The van der Waals surface area contributed by atoms with Crippen LogP contribution < -0.4 is 5.09 Å². The Morgan fingerprint density at radius 3 is 2.83 bits per heavy atom. The SMILES string of the molecule is C1CNPSC1. The number of nitrogens with one attached hydrogen (secondary N) is 1. The highest BCUT2D eigenvalue weighted by Gasteiger charge is 1.94. The maximum Gasteiger partial charge on any atom is 0.00724 e. The van der Waals surface area contributed by atoms with Crippen molar-refractivity contribution in [2.24, 2.45) is 0 Å². The Hall–Kier alpha value is 0.740. The van der Waals surface area contributed by atoms with Crippen LogP contribution in [0.3, 0.4) is 0 Å². The molecule has 1 nitrogen and oxygen atoms in total. The zero-order valence-electron chi connectivity index (χ0n) is 3.53. The molecule has 0 aliphatic carbocycles. The Morgan fingerprint density at radius 1 is 1.67 bits per heavy atom. The summed E-state index contributed by atoms with van der Waals surface area (Å²) in [4.78, 5) is 0. The maximum absolute atomic E-state index is 3.28. The van der Waals surface area contributed by atoms with Crippen LogP contribution in [0.25, 0.3) is 0 Å². The normalized spacial score (nSPS) is 28.0. The van der Waals surface area contributed by atoms with Crippen LogP contribution in [-0.4, -0.2) is 12.3 Å². The van der Waals surface area contributed by atoms with Crippen LogP contribution in [0.2, 0.25) is 0 Å². The highest BCUT2D eigenvalue weighted by Crippen LogP contribution is 2.28. The Bertz CT molecular complexity index is 26.3. The van der Waals surface area contributed by atoms with E-state index >= 15 is 0 Å². The van der Waals surface area contributed by atoms with Gasteiger partial charge < -0.3 is 0 Å². The fraction of sp³-hybridized carbons (Fsp3) is 1.00.